The first-order chi connectivity index (χ1) is 12.2. The molecule has 6 heteroatoms. The van der Waals surface area contributed by atoms with E-state index in [4.69, 9.17) is 5.26 Å². The average Bonchev–Trinajstić information content (AvgIpc) is 3.31. The first-order valence-electron chi connectivity index (χ1n) is 9.09. The highest BCUT2D eigenvalue weighted by Crippen LogP contribution is 2.26. The Hall–Kier alpha value is -2.13. The van der Waals surface area contributed by atoms with Crippen molar-refractivity contribution in [1.29, 1.82) is 5.26 Å². The van der Waals surface area contributed by atoms with Crippen molar-refractivity contribution >= 4 is 5.96 Å². The van der Waals surface area contributed by atoms with Crippen LogP contribution in [-0.4, -0.2) is 43.1 Å². The molecule has 0 aromatic heterocycles. The van der Waals surface area contributed by atoms with Gasteiger partial charge in [0.15, 0.2) is 5.96 Å². The number of nitrogens with one attached hydrogen (secondary N) is 2. The van der Waals surface area contributed by atoms with E-state index in [0.29, 0.717) is 29.7 Å². The third kappa shape index (κ3) is 4.49. The number of halogens is 1. The monoisotopic (exact) mass is 343 g/mol. The standard InChI is InChI=1S/C19H26FN5/c1-22-19(23-12-15-10-14(11-21)6-7-18(15)20)24-16-8-9-25(13-16)17-4-2-3-5-17/h6-7,10,16-17H,2-5,8-9,12-13H2,1H3,(H2,22,23,24). The zero-order valence-corrected chi connectivity index (χ0v) is 14.8. The Morgan fingerprint density at radius 2 is 2.16 bits per heavy atom. The molecule has 1 unspecified atom stereocenters. The summed E-state index contributed by atoms with van der Waals surface area (Å²) in [5.41, 5.74) is 0.935. The Labute approximate surface area is 148 Å². The molecule has 3 rings (SSSR count). The van der Waals surface area contributed by atoms with Gasteiger partial charge in [0.05, 0.1) is 11.6 Å². The van der Waals surface area contributed by atoms with Crippen LogP contribution in [0.4, 0.5) is 4.39 Å². The van der Waals surface area contributed by atoms with Crippen molar-refractivity contribution in [2.75, 3.05) is 20.1 Å². The van der Waals surface area contributed by atoms with Crippen molar-refractivity contribution in [3.63, 3.8) is 0 Å². The molecule has 5 nitrogen and oxygen atoms in total. The molecule has 1 aliphatic carbocycles. The molecule has 0 bridgehead atoms. The number of aliphatic imine (C=N–C) groups is 1. The second-order valence-corrected chi connectivity index (χ2v) is 6.91. The number of benzene rings is 1. The van der Waals surface area contributed by atoms with E-state index in [-0.39, 0.29) is 5.82 Å². The van der Waals surface area contributed by atoms with Gasteiger partial charge in [-0.1, -0.05) is 12.8 Å². The molecule has 134 valence electrons. The number of hydrogen-bond donors (Lipinski definition) is 2. The van der Waals surface area contributed by atoms with Crippen LogP contribution < -0.4 is 10.6 Å². The molecule has 1 aliphatic heterocycles. The molecule has 2 aliphatic rings. The van der Waals surface area contributed by atoms with Gasteiger partial charge in [0.25, 0.3) is 0 Å². The zero-order valence-electron chi connectivity index (χ0n) is 14.8. The van der Waals surface area contributed by atoms with E-state index < -0.39 is 0 Å². The highest BCUT2D eigenvalue weighted by Gasteiger charge is 2.30. The van der Waals surface area contributed by atoms with Crippen LogP contribution in [0.1, 0.15) is 43.2 Å². The number of guanidine groups is 1. The van der Waals surface area contributed by atoms with Gasteiger partial charge in [-0.25, -0.2) is 4.39 Å². The summed E-state index contributed by atoms with van der Waals surface area (Å²) in [6.07, 6.45) is 6.48. The van der Waals surface area contributed by atoms with Gasteiger partial charge in [0.2, 0.25) is 0 Å². The second kappa shape index (κ2) is 8.30. The summed E-state index contributed by atoms with van der Waals surface area (Å²) in [6, 6.07) is 7.57. The number of rotatable bonds is 4. The van der Waals surface area contributed by atoms with Gasteiger partial charge >= 0.3 is 0 Å². The summed E-state index contributed by atoms with van der Waals surface area (Å²) in [5.74, 6) is 0.371. The van der Waals surface area contributed by atoms with Crippen LogP contribution in [0.2, 0.25) is 0 Å². The van der Waals surface area contributed by atoms with Gasteiger partial charge < -0.3 is 10.6 Å². The van der Waals surface area contributed by atoms with Crippen LogP contribution in [0.3, 0.4) is 0 Å². The largest absolute Gasteiger partial charge is 0.352 e. The maximum absolute atomic E-state index is 13.9. The van der Waals surface area contributed by atoms with Crippen molar-refractivity contribution in [3.05, 3.63) is 35.1 Å². The van der Waals surface area contributed by atoms with Crippen molar-refractivity contribution in [1.82, 2.24) is 15.5 Å². The van der Waals surface area contributed by atoms with Crippen molar-refractivity contribution < 1.29 is 4.39 Å². The van der Waals surface area contributed by atoms with Crippen LogP contribution in [-0.2, 0) is 6.54 Å². The van der Waals surface area contributed by atoms with Crippen molar-refractivity contribution in [2.45, 2.75) is 50.7 Å². The molecule has 0 amide bonds. The van der Waals surface area contributed by atoms with E-state index in [1.54, 1.807) is 13.1 Å². The minimum atomic E-state index is -0.310. The summed E-state index contributed by atoms with van der Waals surface area (Å²) in [5, 5.41) is 15.6. The molecular formula is C19H26FN5. The summed E-state index contributed by atoms with van der Waals surface area (Å²) >= 11 is 0. The lowest BCUT2D eigenvalue weighted by atomic mass is 10.1. The van der Waals surface area contributed by atoms with Crippen LogP contribution in [0.15, 0.2) is 23.2 Å². The SMILES string of the molecule is CN=C(NCc1cc(C#N)ccc1F)NC1CCN(C2CCCC2)C1. The van der Waals surface area contributed by atoms with E-state index in [1.165, 1.54) is 37.8 Å². The zero-order chi connectivity index (χ0) is 17.6. The second-order valence-electron chi connectivity index (χ2n) is 6.91. The van der Waals surface area contributed by atoms with Crippen molar-refractivity contribution in [3.8, 4) is 6.07 Å². The molecule has 0 spiro atoms. The Morgan fingerprint density at radius 1 is 1.36 bits per heavy atom. The fraction of sp³-hybridized carbons (Fsp3) is 0.579. The lowest BCUT2D eigenvalue weighted by Gasteiger charge is -2.24. The molecule has 2 N–H and O–H groups in total. The third-order valence-corrected chi connectivity index (χ3v) is 5.25. The summed E-state index contributed by atoms with van der Waals surface area (Å²) in [4.78, 5) is 6.84. The van der Waals surface area contributed by atoms with Crippen LogP contribution in [0.5, 0.6) is 0 Å². The lowest BCUT2D eigenvalue weighted by molar-refractivity contribution is 0.242. The molecule has 1 saturated heterocycles. The Bertz CT molecular complexity index is 660. The van der Waals surface area contributed by atoms with Gasteiger partial charge in [-0.2, -0.15) is 5.26 Å². The highest BCUT2D eigenvalue weighted by molar-refractivity contribution is 5.80. The Kier molecular flexibility index (Phi) is 5.87. The van der Waals surface area contributed by atoms with Crippen LogP contribution in [0, 0.1) is 17.1 Å². The van der Waals surface area contributed by atoms with Crippen LogP contribution in [0.25, 0.3) is 0 Å². The van der Waals surface area contributed by atoms with E-state index in [0.717, 1.165) is 25.6 Å². The van der Waals surface area contributed by atoms with E-state index >= 15 is 0 Å². The summed E-state index contributed by atoms with van der Waals surface area (Å²) in [7, 11) is 1.72. The van der Waals surface area contributed by atoms with Gasteiger partial charge in [0.1, 0.15) is 5.82 Å². The molecule has 1 saturated carbocycles. The summed E-state index contributed by atoms with van der Waals surface area (Å²) < 4.78 is 13.9. The van der Waals surface area contributed by atoms with E-state index in [9.17, 15) is 4.39 Å². The molecule has 1 atom stereocenters. The van der Waals surface area contributed by atoms with Gasteiger partial charge in [-0.05, 0) is 37.5 Å². The maximum atomic E-state index is 13.9. The fourth-order valence-electron chi connectivity index (χ4n) is 3.85. The fourth-order valence-corrected chi connectivity index (χ4v) is 3.85. The quantitative estimate of drug-likeness (QED) is 0.651. The predicted octanol–water partition coefficient (Wildman–Crippen LogP) is 2.38. The van der Waals surface area contributed by atoms with Crippen LogP contribution >= 0.6 is 0 Å². The molecule has 2 fully saturated rings. The predicted molar refractivity (Wildman–Crippen MR) is 96.7 cm³/mol. The Balaban J connectivity index is 1.51. The lowest BCUT2D eigenvalue weighted by Crippen LogP contribution is -2.45. The first-order valence-corrected chi connectivity index (χ1v) is 9.09. The smallest absolute Gasteiger partial charge is 0.191 e. The molecule has 1 aromatic carbocycles. The third-order valence-electron chi connectivity index (χ3n) is 5.25. The highest BCUT2D eigenvalue weighted by atomic mass is 19.1. The number of hydrogen-bond acceptors (Lipinski definition) is 3. The van der Waals surface area contributed by atoms with Gasteiger partial charge in [0, 0.05) is 44.3 Å². The minimum Gasteiger partial charge on any atom is -0.352 e. The van der Waals surface area contributed by atoms with Gasteiger partial charge in [-0.3, -0.25) is 9.89 Å². The number of nitriles is 1. The van der Waals surface area contributed by atoms with E-state index in [2.05, 4.69) is 20.5 Å². The molecule has 0 radical (unpaired) electrons. The molecule has 25 heavy (non-hydrogen) atoms. The number of nitrogens with zero attached hydrogens (tertiary/aromatic N) is 3. The summed E-state index contributed by atoms with van der Waals surface area (Å²) in [6.45, 7) is 2.49. The Morgan fingerprint density at radius 3 is 2.88 bits per heavy atom. The van der Waals surface area contributed by atoms with Gasteiger partial charge in [-0.15, -0.1) is 0 Å². The average molecular weight is 343 g/mol. The minimum absolute atomic E-state index is 0.306. The molecular weight excluding hydrogens is 317 g/mol. The normalized spacial score (nSPS) is 22.1. The molecule has 1 aromatic rings. The van der Waals surface area contributed by atoms with Crippen molar-refractivity contribution in [2.24, 2.45) is 4.99 Å². The topological polar surface area (TPSA) is 63.5 Å². The van der Waals surface area contributed by atoms with E-state index in [1.807, 2.05) is 6.07 Å². The first kappa shape index (κ1) is 17.7. The maximum Gasteiger partial charge on any atom is 0.191 e. The molecule has 1 heterocycles. The number of likely N-dealkylation sites (tertiary alicyclic amines) is 1.